The number of halogens is 1. The Bertz CT molecular complexity index is 1150. The second kappa shape index (κ2) is 8.43. The Morgan fingerprint density at radius 2 is 1.93 bits per heavy atom. The lowest BCUT2D eigenvalue weighted by molar-refractivity contribution is 0.102. The van der Waals surface area contributed by atoms with E-state index in [9.17, 15) is 4.79 Å². The van der Waals surface area contributed by atoms with Gasteiger partial charge in [0, 0.05) is 23.0 Å². The first-order chi connectivity index (χ1) is 14.1. The second-order valence-electron chi connectivity index (χ2n) is 6.18. The first-order valence-electron chi connectivity index (χ1n) is 8.82. The number of hydrogen-bond donors (Lipinski definition) is 1. The largest absolute Gasteiger partial charge is 0.455 e. The minimum Gasteiger partial charge on any atom is -0.455 e. The molecule has 0 unspecified atom stereocenters. The molecule has 0 aliphatic heterocycles. The molecule has 0 bridgehead atoms. The van der Waals surface area contributed by atoms with Gasteiger partial charge in [-0.2, -0.15) is 0 Å². The highest BCUT2D eigenvalue weighted by Gasteiger charge is 2.18. The monoisotopic (exact) mass is 421 g/mol. The van der Waals surface area contributed by atoms with Gasteiger partial charge in [0.1, 0.15) is 15.6 Å². The van der Waals surface area contributed by atoms with Gasteiger partial charge in [-0.15, -0.1) is 11.3 Å². The number of anilines is 1. The van der Waals surface area contributed by atoms with E-state index >= 15 is 0 Å². The molecule has 7 heteroatoms. The van der Waals surface area contributed by atoms with Crippen molar-refractivity contribution in [3.8, 4) is 22.1 Å². The molecule has 2 aromatic heterocycles. The summed E-state index contributed by atoms with van der Waals surface area (Å²) < 4.78 is 5.91. The molecule has 0 spiro atoms. The first-order valence-corrected chi connectivity index (χ1v) is 10.0. The average Bonchev–Trinajstić information content (AvgIpc) is 3.13. The normalized spacial score (nSPS) is 10.6. The van der Waals surface area contributed by atoms with Gasteiger partial charge in [-0.05, 0) is 49.4 Å². The summed E-state index contributed by atoms with van der Waals surface area (Å²) in [5.41, 5.74) is 2.01. The van der Waals surface area contributed by atoms with Gasteiger partial charge in [0.05, 0.1) is 11.4 Å². The molecule has 0 saturated carbocycles. The molecule has 5 nitrogen and oxygen atoms in total. The molecule has 2 heterocycles. The molecule has 0 atom stereocenters. The predicted molar refractivity (Wildman–Crippen MR) is 116 cm³/mol. The number of amides is 1. The van der Waals surface area contributed by atoms with E-state index in [1.807, 2.05) is 49.4 Å². The maximum atomic E-state index is 12.9. The Morgan fingerprint density at radius 3 is 2.69 bits per heavy atom. The van der Waals surface area contributed by atoms with Crippen LogP contribution in [0.3, 0.4) is 0 Å². The summed E-state index contributed by atoms with van der Waals surface area (Å²) in [4.78, 5) is 22.1. The quantitative estimate of drug-likeness (QED) is 0.416. The van der Waals surface area contributed by atoms with Gasteiger partial charge in [0.2, 0.25) is 0 Å². The van der Waals surface area contributed by atoms with E-state index in [-0.39, 0.29) is 5.91 Å². The molecule has 0 fully saturated rings. The lowest BCUT2D eigenvalue weighted by Crippen LogP contribution is -2.12. The number of para-hydroxylation sites is 1. The predicted octanol–water partition coefficient (Wildman–Crippen LogP) is 6.21. The Morgan fingerprint density at radius 1 is 1.10 bits per heavy atom. The summed E-state index contributed by atoms with van der Waals surface area (Å²) in [6.07, 6.45) is 3.42. The highest BCUT2D eigenvalue weighted by atomic mass is 35.5. The molecule has 0 aliphatic carbocycles. The van der Waals surface area contributed by atoms with E-state index in [0.29, 0.717) is 32.8 Å². The maximum absolute atomic E-state index is 12.9. The first kappa shape index (κ1) is 19.1. The molecular weight excluding hydrogens is 406 g/mol. The third kappa shape index (κ3) is 4.45. The van der Waals surface area contributed by atoms with Crippen molar-refractivity contribution in [1.29, 1.82) is 0 Å². The SMILES string of the molecule is Cc1nc(-c2cccnc2)sc1C(=O)Nc1cc(Cl)ccc1Oc1ccccc1. The van der Waals surface area contributed by atoms with Crippen LogP contribution in [0.5, 0.6) is 11.5 Å². The van der Waals surface area contributed by atoms with Gasteiger partial charge in [0.15, 0.2) is 5.75 Å². The fraction of sp³-hybridized carbons (Fsp3) is 0.0455. The van der Waals surface area contributed by atoms with Crippen molar-refractivity contribution < 1.29 is 9.53 Å². The van der Waals surface area contributed by atoms with Crippen molar-refractivity contribution in [3.63, 3.8) is 0 Å². The van der Waals surface area contributed by atoms with Gasteiger partial charge in [-0.1, -0.05) is 29.8 Å². The molecular formula is C22H16ClN3O2S. The van der Waals surface area contributed by atoms with E-state index in [1.165, 1.54) is 11.3 Å². The number of aromatic nitrogens is 2. The minimum atomic E-state index is -0.268. The Labute approximate surface area is 177 Å². The Kier molecular flexibility index (Phi) is 5.55. The molecule has 1 N–H and O–H groups in total. The van der Waals surface area contributed by atoms with Gasteiger partial charge in [-0.25, -0.2) is 4.98 Å². The standard InChI is InChI=1S/C22H16ClN3O2S/c1-14-20(29-22(25-14)15-6-5-11-24-13-15)21(27)26-18-12-16(23)9-10-19(18)28-17-7-3-2-4-8-17/h2-13H,1H3,(H,26,27). The average molecular weight is 422 g/mol. The van der Waals surface area contributed by atoms with Crippen molar-refractivity contribution in [2.24, 2.45) is 0 Å². The van der Waals surface area contributed by atoms with Crippen molar-refractivity contribution in [3.05, 3.63) is 88.7 Å². The number of nitrogens with one attached hydrogen (secondary N) is 1. The van der Waals surface area contributed by atoms with Crippen molar-refractivity contribution in [1.82, 2.24) is 9.97 Å². The molecule has 0 radical (unpaired) electrons. The molecule has 1 amide bonds. The number of pyridine rings is 1. The van der Waals surface area contributed by atoms with Crippen molar-refractivity contribution >= 4 is 34.5 Å². The fourth-order valence-electron chi connectivity index (χ4n) is 2.70. The zero-order chi connectivity index (χ0) is 20.2. The van der Waals surface area contributed by atoms with E-state index < -0.39 is 0 Å². The van der Waals surface area contributed by atoms with Crippen LogP contribution in [0.25, 0.3) is 10.6 Å². The summed E-state index contributed by atoms with van der Waals surface area (Å²) in [5, 5.41) is 4.14. The molecule has 4 rings (SSSR count). The van der Waals surface area contributed by atoms with Crippen LogP contribution in [-0.4, -0.2) is 15.9 Å². The van der Waals surface area contributed by atoms with Crippen molar-refractivity contribution in [2.45, 2.75) is 6.92 Å². The number of rotatable bonds is 5. The lowest BCUT2D eigenvalue weighted by Gasteiger charge is -2.12. The summed E-state index contributed by atoms with van der Waals surface area (Å²) in [7, 11) is 0. The van der Waals surface area contributed by atoms with Gasteiger partial charge < -0.3 is 10.1 Å². The number of nitrogens with zero attached hydrogens (tertiary/aromatic N) is 2. The minimum absolute atomic E-state index is 0.268. The van der Waals surface area contributed by atoms with Crippen LogP contribution in [0.15, 0.2) is 73.1 Å². The topological polar surface area (TPSA) is 64.1 Å². The number of aryl methyl sites for hydroxylation is 1. The van der Waals surface area contributed by atoms with E-state index in [0.717, 1.165) is 10.6 Å². The Balaban J connectivity index is 1.60. The smallest absolute Gasteiger partial charge is 0.267 e. The van der Waals surface area contributed by atoms with E-state index in [2.05, 4.69) is 15.3 Å². The molecule has 0 aliphatic rings. The van der Waals surface area contributed by atoms with E-state index in [1.54, 1.807) is 30.6 Å². The van der Waals surface area contributed by atoms with Crippen LogP contribution in [0, 0.1) is 6.92 Å². The summed E-state index contributed by atoms with van der Waals surface area (Å²) in [6.45, 7) is 1.81. The number of carbonyl (C=O) groups excluding carboxylic acids is 1. The van der Waals surface area contributed by atoms with E-state index in [4.69, 9.17) is 16.3 Å². The van der Waals surface area contributed by atoms with Crippen LogP contribution in [-0.2, 0) is 0 Å². The van der Waals surface area contributed by atoms with Gasteiger partial charge in [-0.3, -0.25) is 9.78 Å². The number of ether oxygens (including phenoxy) is 1. The van der Waals surface area contributed by atoms with Crippen molar-refractivity contribution in [2.75, 3.05) is 5.32 Å². The van der Waals surface area contributed by atoms with Crippen LogP contribution in [0.4, 0.5) is 5.69 Å². The molecule has 29 heavy (non-hydrogen) atoms. The molecule has 144 valence electrons. The fourth-order valence-corrected chi connectivity index (χ4v) is 3.83. The number of thiazole rings is 1. The Hall–Kier alpha value is -3.22. The molecule has 2 aromatic carbocycles. The number of hydrogen-bond acceptors (Lipinski definition) is 5. The van der Waals surface area contributed by atoms with Crippen LogP contribution < -0.4 is 10.1 Å². The second-order valence-corrected chi connectivity index (χ2v) is 7.62. The third-order valence-corrected chi connectivity index (χ3v) is 5.51. The zero-order valence-corrected chi connectivity index (χ0v) is 17.0. The highest BCUT2D eigenvalue weighted by molar-refractivity contribution is 7.17. The van der Waals surface area contributed by atoms with Gasteiger partial charge >= 0.3 is 0 Å². The lowest BCUT2D eigenvalue weighted by atomic mass is 10.2. The maximum Gasteiger partial charge on any atom is 0.267 e. The summed E-state index contributed by atoms with van der Waals surface area (Å²) >= 11 is 7.46. The van der Waals surface area contributed by atoms with Crippen LogP contribution in [0.2, 0.25) is 5.02 Å². The molecule has 0 saturated heterocycles. The van der Waals surface area contributed by atoms with Crippen LogP contribution in [0.1, 0.15) is 15.4 Å². The van der Waals surface area contributed by atoms with Gasteiger partial charge in [0.25, 0.3) is 5.91 Å². The summed E-state index contributed by atoms with van der Waals surface area (Å²) in [5.74, 6) is 0.900. The third-order valence-electron chi connectivity index (χ3n) is 4.07. The summed E-state index contributed by atoms with van der Waals surface area (Å²) in [6, 6.07) is 18.2. The van der Waals surface area contributed by atoms with Crippen LogP contribution >= 0.6 is 22.9 Å². The number of carbonyl (C=O) groups is 1. The molecule has 4 aromatic rings. The number of benzene rings is 2. The highest BCUT2D eigenvalue weighted by Crippen LogP contribution is 2.33. The zero-order valence-electron chi connectivity index (χ0n) is 15.4.